The number of ether oxygens (including phenoxy) is 1. The molecule has 0 unspecified atom stereocenters. The van der Waals surface area contributed by atoms with Crippen molar-refractivity contribution in [3.05, 3.63) is 71.4 Å². The molecule has 13 heteroatoms. The minimum absolute atomic E-state index is 0.0982. The van der Waals surface area contributed by atoms with Crippen molar-refractivity contribution < 1.29 is 40.7 Å². The molecule has 0 radical (unpaired) electrons. The maximum atomic E-state index is 13.5. The van der Waals surface area contributed by atoms with Crippen molar-refractivity contribution in [2.24, 2.45) is 0 Å². The van der Waals surface area contributed by atoms with Gasteiger partial charge in [-0.25, -0.2) is 0 Å². The number of hydrogen-bond acceptors (Lipinski definition) is 5. The lowest BCUT2D eigenvalue weighted by atomic mass is 9.79. The lowest BCUT2D eigenvalue weighted by Crippen LogP contribution is -2.55. The Bertz CT molecular complexity index is 1180. The number of rotatable bonds is 7. The van der Waals surface area contributed by atoms with E-state index >= 15 is 0 Å². The fourth-order valence-electron chi connectivity index (χ4n) is 3.98. The largest absolute Gasteiger partial charge is 0.573 e. The molecule has 2 aromatic carbocycles. The van der Waals surface area contributed by atoms with Crippen molar-refractivity contribution in [3.63, 3.8) is 0 Å². The average molecular weight is 514 g/mol. The number of amides is 2. The smallest absolute Gasteiger partial charge is 0.406 e. The first-order valence-corrected chi connectivity index (χ1v) is 10.4. The third kappa shape index (κ3) is 6.15. The van der Waals surface area contributed by atoms with Gasteiger partial charge in [-0.15, -0.1) is 13.2 Å². The highest BCUT2D eigenvalue weighted by Gasteiger charge is 2.48. The predicted octanol–water partition coefficient (Wildman–Crippen LogP) is 4.45. The molecule has 0 bridgehead atoms. The van der Waals surface area contributed by atoms with Gasteiger partial charge in [-0.3, -0.25) is 9.59 Å². The molecule has 7 nitrogen and oxygen atoms in total. The minimum atomic E-state index is -4.98. The molecule has 3 N–H and O–H groups in total. The molecule has 2 aromatic rings. The molecule has 192 valence electrons. The van der Waals surface area contributed by atoms with Gasteiger partial charge in [0.25, 0.3) is 5.91 Å². The number of fused-ring (bicyclic) bond motifs is 1. The summed E-state index contributed by atoms with van der Waals surface area (Å²) >= 11 is 0. The Kier molecular flexibility index (Phi) is 7.60. The fourth-order valence-corrected chi connectivity index (χ4v) is 3.98. The van der Waals surface area contributed by atoms with Gasteiger partial charge in [-0.1, -0.05) is 24.3 Å². The predicted molar refractivity (Wildman–Crippen MR) is 118 cm³/mol. The molecule has 2 amide bonds. The summed E-state index contributed by atoms with van der Waals surface area (Å²) in [5.41, 5.74) is -0.249. The number of nitrogens with one attached hydrogen (secondary N) is 3. The Labute approximate surface area is 201 Å². The van der Waals surface area contributed by atoms with Crippen molar-refractivity contribution in [3.8, 4) is 5.75 Å². The zero-order valence-corrected chi connectivity index (χ0v) is 18.6. The van der Waals surface area contributed by atoms with E-state index in [9.17, 15) is 35.9 Å². The highest BCUT2D eigenvalue weighted by molar-refractivity contribution is 6.06. The van der Waals surface area contributed by atoms with Gasteiger partial charge < -0.3 is 25.7 Å². The van der Waals surface area contributed by atoms with Crippen LogP contribution in [0.2, 0.25) is 0 Å². The van der Waals surface area contributed by atoms with Gasteiger partial charge in [0.15, 0.2) is 0 Å². The van der Waals surface area contributed by atoms with E-state index in [2.05, 4.69) is 15.4 Å². The third-order valence-electron chi connectivity index (χ3n) is 5.23. The highest BCUT2D eigenvalue weighted by atomic mass is 19.4. The van der Waals surface area contributed by atoms with Gasteiger partial charge in [0.1, 0.15) is 12.3 Å². The summed E-state index contributed by atoms with van der Waals surface area (Å²) in [5, 5.41) is 12.7. The number of carbonyl (C=O) groups is 2. The molecule has 0 fully saturated rings. The first-order chi connectivity index (χ1) is 16.8. The van der Waals surface area contributed by atoms with Crippen LogP contribution in [0.3, 0.4) is 0 Å². The van der Waals surface area contributed by atoms with E-state index in [4.69, 9.17) is 5.41 Å². The molecule has 3 rings (SSSR count). The first-order valence-electron chi connectivity index (χ1n) is 10.4. The van der Waals surface area contributed by atoms with Crippen LogP contribution < -0.4 is 15.4 Å². The summed E-state index contributed by atoms with van der Waals surface area (Å²) in [5.74, 6) is -3.94. The van der Waals surface area contributed by atoms with Crippen molar-refractivity contribution in [2.45, 2.75) is 24.5 Å². The van der Waals surface area contributed by atoms with Crippen molar-refractivity contribution in [1.29, 1.82) is 5.41 Å². The third-order valence-corrected chi connectivity index (χ3v) is 5.23. The zero-order chi connectivity index (χ0) is 26.7. The molecule has 0 saturated heterocycles. The molecule has 0 aliphatic carbocycles. The number of benzene rings is 2. The topological polar surface area (TPSA) is 94.5 Å². The SMILES string of the molecule is CN/C=C(\C=N)[C@H]1[C@H](C(=O)Nc2cccc(OC(F)(F)F)c2)c2ccccc2C(=O)N1CC(F)(F)F. The molecular weight excluding hydrogens is 494 g/mol. The standard InChI is InChI=1S/C23H20F6N4O3/c1-31-11-13(10-30)19-18(20(34)32-14-5-4-6-15(9-14)36-23(27,28)29)16-7-2-3-8-17(16)21(35)33(19)12-22(24,25)26/h2-11,18-19,30-31H,12H2,1H3,(H,32,34)/b13-11+,30-10?/t18-,19+/m1/s1. The Morgan fingerprint density at radius 1 is 1.11 bits per heavy atom. The average Bonchev–Trinajstić information content (AvgIpc) is 2.77. The Balaban J connectivity index is 2.10. The Morgan fingerprint density at radius 3 is 2.42 bits per heavy atom. The van der Waals surface area contributed by atoms with Crippen LogP contribution in [0.15, 0.2) is 60.3 Å². The highest BCUT2D eigenvalue weighted by Crippen LogP contribution is 2.39. The van der Waals surface area contributed by atoms with E-state index in [1.165, 1.54) is 49.6 Å². The van der Waals surface area contributed by atoms with Crippen LogP contribution >= 0.6 is 0 Å². The second kappa shape index (κ2) is 10.3. The Hall–Kier alpha value is -4.03. The van der Waals surface area contributed by atoms with Gasteiger partial charge in [0.2, 0.25) is 5.91 Å². The summed E-state index contributed by atoms with van der Waals surface area (Å²) in [7, 11) is 1.43. The normalized spacial score (nSPS) is 18.4. The van der Waals surface area contributed by atoms with Gasteiger partial charge in [-0.05, 0) is 23.8 Å². The number of nitrogens with zero attached hydrogens (tertiary/aromatic N) is 1. The first kappa shape index (κ1) is 26.6. The van der Waals surface area contributed by atoms with Crippen molar-refractivity contribution in [2.75, 3.05) is 18.9 Å². The molecule has 0 aromatic heterocycles. The zero-order valence-electron chi connectivity index (χ0n) is 18.6. The van der Waals surface area contributed by atoms with E-state index in [0.717, 1.165) is 18.3 Å². The van der Waals surface area contributed by atoms with E-state index in [0.29, 0.717) is 4.90 Å². The molecule has 1 aliphatic heterocycles. The van der Waals surface area contributed by atoms with Crippen LogP contribution in [0, 0.1) is 5.41 Å². The van der Waals surface area contributed by atoms with E-state index < -0.39 is 48.6 Å². The number of anilines is 1. The van der Waals surface area contributed by atoms with Gasteiger partial charge in [0.05, 0.1) is 12.0 Å². The maximum Gasteiger partial charge on any atom is 0.573 e. The van der Waals surface area contributed by atoms with Crippen LogP contribution in [-0.4, -0.2) is 55.1 Å². The van der Waals surface area contributed by atoms with Crippen LogP contribution in [0.1, 0.15) is 21.8 Å². The monoisotopic (exact) mass is 514 g/mol. The second-order valence-electron chi connectivity index (χ2n) is 7.70. The molecule has 1 aliphatic rings. The number of alkyl halides is 6. The van der Waals surface area contributed by atoms with Gasteiger partial charge in [0, 0.05) is 42.4 Å². The summed E-state index contributed by atoms with van der Waals surface area (Å²) in [6.45, 7) is -1.70. The molecule has 1 heterocycles. The molecule has 0 saturated carbocycles. The van der Waals surface area contributed by atoms with Crippen LogP contribution in [0.5, 0.6) is 5.75 Å². The summed E-state index contributed by atoms with van der Waals surface area (Å²) in [4.78, 5) is 27.0. The quantitative estimate of drug-likeness (QED) is 0.376. The lowest BCUT2D eigenvalue weighted by molar-refractivity contribution is -0.274. The fraction of sp³-hybridized carbons (Fsp3) is 0.261. The number of halogens is 6. The number of hydrogen-bond donors (Lipinski definition) is 3. The Morgan fingerprint density at radius 2 is 1.81 bits per heavy atom. The van der Waals surface area contributed by atoms with Crippen LogP contribution in [-0.2, 0) is 4.79 Å². The second-order valence-corrected chi connectivity index (χ2v) is 7.70. The minimum Gasteiger partial charge on any atom is -0.406 e. The molecular formula is C23H20F6N4O3. The summed E-state index contributed by atoms with van der Waals surface area (Å²) in [6, 6.07) is 8.41. The lowest BCUT2D eigenvalue weighted by Gasteiger charge is -2.42. The van der Waals surface area contributed by atoms with E-state index in [1.807, 2.05) is 0 Å². The molecule has 0 spiro atoms. The summed E-state index contributed by atoms with van der Waals surface area (Å²) < 4.78 is 82.0. The van der Waals surface area contributed by atoms with Crippen LogP contribution in [0.25, 0.3) is 0 Å². The van der Waals surface area contributed by atoms with Gasteiger partial charge in [-0.2, -0.15) is 13.2 Å². The van der Waals surface area contributed by atoms with Crippen LogP contribution in [0.4, 0.5) is 32.0 Å². The maximum absolute atomic E-state index is 13.5. The van der Waals surface area contributed by atoms with Crippen molar-refractivity contribution >= 4 is 23.7 Å². The van der Waals surface area contributed by atoms with E-state index in [-0.39, 0.29) is 22.4 Å². The molecule has 36 heavy (non-hydrogen) atoms. The molecule has 2 atom stereocenters. The summed E-state index contributed by atoms with van der Waals surface area (Å²) in [6.07, 6.45) is -7.88. The van der Waals surface area contributed by atoms with Crippen molar-refractivity contribution in [1.82, 2.24) is 10.2 Å². The number of carbonyl (C=O) groups excluding carboxylic acids is 2. The van der Waals surface area contributed by atoms with E-state index in [1.54, 1.807) is 0 Å². The van der Waals surface area contributed by atoms with Gasteiger partial charge >= 0.3 is 12.5 Å².